The van der Waals surface area contributed by atoms with Gasteiger partial charge >= 0.3 is 0 Å². The zero-order valence-electron chi connectivity index (χ0n) is 15.7. The van der Waals surface area contributed by atoms with Gasteiger partial charge in [0, 0.05) is 16.7 Å². The van der Waals surface area contributed by atoms with Crippen molar-refractivity contribution in [2.75, 3.05) is 20.3 Å². The van der Waals surface area contributed by atoms with Crippen molar-refractivity contribution in [1.29, 1.82) is 0 Å². The molecule has 0 fully saturated rings. The Bertz CT molecular complexity index is 1020. The molecule has 1 N–H and O–H groups in total. The van der Waals surface area contributed by atoms with Gasteiger partial charge in [-0.25, -0.2) is 0 Å². The maximum Gasteiger partial charge on any atom is 0.163 e. The number of benzene rings is 3. The van der Waals surface area contributed by atoms with Crippen LogP contribution in [0, 0.1) is 0 Å². The van der Waals surface area contributed by atoms with Crippen LogP contribution in [-0.4, -0.2) is 25.4 Å². The van der Waals surface area contributed by atoms with Crippen molar-refractivity contribution in [2.45, 2.75) is 6.10 Å². The first-order valence-electron chi connectivity index (χ1n) is 9.07. The molecular formula is C22H19ClN2O4. The lowest BCUT2D eigenvalue weighted by Crippen LogP contribution is -2.15. The number of ether oxygens (including phenoxy) is 3. The van der Waals surface area contributed by atoms with E-state index in [9.17, 15) is 5.11 Å². The van der Waals surface area contributed by atoms with Gasteiger partial charge in [-0.05, 0) is 48.0 Å². The maximum atomic E-state index is 11.0. The van der Waals surface area contributed by atoms with E-state index in [4.69, 9.17) is 25.8 Å². The molecule has 0 bridgehead atoms. The minimum atomic E-state index is -0.920. The van der Waals surface area contributed by atoms with E-state index < -0.39 is 6.10 Å². The highest BCUT2D eigenvalue weighted by atomic mass is 35.5. The Kier molecular flexibility index (Phi) is 5.64. The molecule has 7 heteroatoms. The van der Waals surface area contributed by atoms with Gasteiger partial charge in [-0.15, -0.1) is 0 Å². The second-order valence-electron chi connectivity index (χ2n) is 6.41. The monoisotopic (exact) mass is 410 g/mol. The molecule has 0 unspecified atom stereocenters. The van der Waals surface area contributed by atoms with E-state index in [-0.39, 0.29) is 0 Å². The van der Waals surface area contributed by atoms with Crippen molar-refractivity contribution in [3.63, 3.8) is 0 Å². The molecule has 0 aliphatic carbocycles. The summed E-state index contributed by atoms with van der Waals surface area (Å²) in [6, 6.07) is 17.7. The standard InChI is InChI=1S/C22H19ClN2O4/c1-27-17-8-2-14(3-9-17)22(26)18-12-20-21(29-11-10-28-20)13-19(18)25-24-16-6-4-15(23)5-7-16/h2-9,12-13,22,26H,10-11H2,1H3/t22-/m1/s1. The van der Waals surface area contributed by atoms with Crippen LogP contribution < -0.4 is 14.2 Å². The van der Waals surface area contributed by atoms with Crippen LogP contribution in [0.1, 0.15) is 17.2 Å². The first-order chi connectivity index (χ1) is 14.1. The highest BCUT2D eigenvalue weighted by Crippen LogP contribution is 2.41. The average molecular weight is 411 g/mol. The van der Waals surface area contributed by atoms with Crippen molar-refractivity contribution >= 4 is 23.0 Å². The smallest absolute Gasteiger partial charge is 0.163 e. The number of rotatable bonds is 5. The van der Waals surface area contributed by atoms with Crippen molar-refractivity contribution in [1.82, 2.24) is 0 Å². The molecule has 0 saturated heterocycles. The van der Waals surface area contributed by atoms with Crippen molar-refractivity contribution in [3.05, 3.63) is 76.8 Å². The summed E-state index contributed by atoms with van der Waals surface area (Å²) in [5, 5.41) is 20.3. The number of hydrogen-bond acceptors (Lipinski definition) is 6. The van der Waals surface area contributed by atoms with Crippen LogP contribution in [0.2, 0.25) is 5.02 Å². The Balaban J connectivity index is 1.72. The Labute approximate surface area is 173 Å². The van der Waals surface area contributed by atoms with Crippen LogP contribution in [-0.2, 0) is 0 Å². The van der Waals surface area contributed by atoms with Crippen LogP contribution in [0.5, 0.6) is 17.2 Å². The van der Waals surface area contributed by atoms with E-state index in [1.54, 1.807) is 67.8 Å². The predicted octanol–water partition coefficient (Wildman–Crippen LogP) is 5.62. The molecule has 0 spiro atoms. The van der Waals surface area contributed by atoms with Crippen molar-refractivity contribution < 1.29 is 19.3 Å². The number of aliphatic hydroxyl groups is 1. The lowest BCUT2D eigenvalue weighted by atomic mass is 9.99. The molecule has 4 rings (SSSR count). The molecule has 1 atom stereocenters. The largest absolute Gasteiger partial charge is 0.497 e. The van der Waals surface area contributed by atoms with Gasteiger partial charge in [-0.2, -0.15) is 10.2 Å². The third kappa shape index (κ3) is 4.34. The number of fused-ring (bicyclic) bond motifs is 1. The Morgan fingerprint density at radius 1 is 0.931 bits per heavy atom. The first kappa shape index (κ1) is 19.2. The fourth-order valence-corrected chi connectivity index (χ4v) is 3.11. The molecule has 3 aromatic carbocycles. The molecule has 0 aromatic heterocycles. The summed E-state index contributed by atoms with van der Waals surface area (Å²) in [6.45, 7) is 0.915. The lowest BCUT2D eigenvalue weighted by molar-refractivity contribution is 0.170. The molecule has 148 valence electrons. The van der Waals surface area contributed by atoms with E-state index in [1.807, 2.05) is 0 Å². The Morgan fingerprint density at radius 2 is 1.59 bits per heavy atom. The minimum absolute atomic E-state index is 0.455. The molecule has 0 radical (unpaired) electrons. The van der Waals surface area contributed by atoms with E-state index in [2.05, 4.69) is 10.2 Å². The molecular weight excluding hydrogens is 392 g/mol. The minimum Gasteiger partial charge on any atom is -0.497 e. The topological polar surface area (TPSA) is 72.6 Å². The van der Waals surface area contributed by atoms with Crippen molar-refractivity contribution in [3.8, 4) is 17.2 Å². The number of aliphatic hydroxyl groups excluding tert-OH is 1. The first-order valence-corrected chi connectivity index (χ1v) is 9.45. The fourth-order valence-electron chi connectivity index (χ4n) is 2.98. The van der Waals surface area contributed by atoms with Crippen LogP contribution in [0.4, 0.5) is 11.4 Å². The van der Waals surface area contributed by atoms with Crippen LogP contribution in [0.15, 0.2) is 70.9 Å². The van der Waals surface area contributed by atoms with Gasteiger partial charge in [0.05, 0.1) is 18.5 Å². The summed E-state index contributed by atoms with van der Waals surface area (Å²) in [5.41, 5.74) is 2.41. The van der Waals surface area contributed by atoms with Gasteiger partial charge in [-0.1, -0.05) is 23.7 Å². The molecule has 0 saturated carbocycles. The molecule has 1 aliphatic rings. The van der Waals surface area contributed by atoms with Crippen LogP contribution in [0.3, 0.4) is 0 Å². The summed E-state index contributed by atoms with van der Waals surface area (Å²) in [4.78, 5) is 0. The summed E-state index contributed by atoms with van der Waals surface area (Å²) >= 11 is 5.92. The summed E-state index contributed by atoms with van der Waals surface area (Å²) < 4.78 is 16.5. The van der Waals surface area contributed by atoms with Gasteiger partial charge < -0.3 is 19.3 Å². The second kappa shape index (κ2) is 8.51. The normalized spacial score (nSPS) is 14.0. The second-order valence-corrected chi connectivity index (χ2v) is 6.84. The van der Waals surface area contributed by atoms with E-state index in [0.717, 1.165) is 0 Å². The van der Waals surface area contributed by atoms with Crippen LogP contribution in [0.25, 0.3) is 0 Å². The van der Waals surface area contributed by atoms with Crippen LogP contribution >= 0.6 is 11.6 Å². The molecule has 0 amide bonds. The SMILES string of the molecule is COc1ccc([C@@H](O)c2cc3c(cc2N=Nc2ccc(Cl)cc2)OCCO3)cc1. The lowest BCUT2D eigenvalue weighted by Gasteiger charge is -2.22. The highest BCUT2D eigenvalue weighted by molar-refractivity contribution is 6.30. The van der Waals surface area contributed by atoms with Gasteiger partial charge in [0.25, 0.3) is 0 Å². The summed E-state index contributed by atoms with van der Waals surface area (Å²) in [7, 11) is 1.60. The Hall–Kier alpha value is -3.09. The fraction of sp³-hybridized carbons (Fsp3) is 0.182. The third-order valence-corrected chi connectivity index (χ3v) is 4.77. The van der Waals surface area contributed by atoms with E-state index >= 15 is 0 Å². The molecule has 1 aliphatic heterocycles. The number of hydrogen-bond donors (Lipinski definition) is 1. The number of halogens is 1. The predicted molar refractivity (Wildman–Crippen MR) is 110 cm³/mol. The zero-order chi connectivity index (χ0) is 20.2. The van der Waals surface area contributed by atoms with Crippen molar-refractivity contribution in [2.24, 2.45) is 10.2 Å². The van der Waals surface area contributed by atoms with E-state index in [1.165, 1.54) is 0 Å². The maximum absolute atomic E-state index is 11.0. The molecule has 6 nitrogen and oxygen atoms in total. The van der Waals surface area contributed by atoms with Gasteiger partial charge in [0.1, 0.15) is 25.1 Å². The van der Waals surface area contributed by atoms with E-state index in [0.29, 0.717) is 58.0 Å². The molecule has 1 heterocycles. The van der Waals surface area contributed by atoms with Gasteiger partial charge in [-0.3, -0.25) is 0 Å². The van der Waals surface area contributed by atoms with Gasteiger partial charge in [0.15, 0.2) is 11.5 Å². The number of azo groups is 1. The molecule has 29 heavy (non-hydrogen) atoms. The number of nitrogens with zero attached hydrogens (tertiary/aromatic N) is 2. The third-order valence-electron chi connectivity index (χ3n) is 4.52. The molecule has 3 aromatic rings. The zero-order valence-corrected chi connectivity index (χ0v) is 16.5. The quantitative estimate of drug-likeness (QED) is 0.554. The highest BCUT2D eigenvalue weighted by Gasteiger charge is 2.21. The summed E-state index contributed by atoms with van der Waals surface area (Å²) in [5.74, 6) is 1.86. The van der Waals surface area contributed by atoms with Gasteiger partial charge in [0.2, 0.25) is 0 Å². The summed E-state index contributed by atoms with van der Waals surface area (Å²) in [6.07, 6.45) is -0.920. The Morgan fingerprint density at radius 3 is 2.24 bits per heavy atom. The average Bonchev–Trinajstić information content (AvgIpc) is 2.77. The number of methoxy groups -OCH3 is 1.